The first-order valence-electron chi connectivity index (χ1n) is 13.6. The second-order valence-corrected chi connectivity index (χ2v) is 10.9. The highest BCUT2D eigenvalue weighted by Gasteiger charge is 2.80. The van der Waals surface area contributed by atoms with Crippen molar-refractivity contribution in [2.45, 2.75) is 83.6 Å². The Morgan fingerprint density at radius 2 is 1.92 bits per heavy atom. The van der Waals surface area contributed by atoms with Gasteiger partial charge in [-0.05, 0) is 63.8 Å². The standard InChI is InChI=1S/C28H41N3O6/c1-6-8-9-14-29-25(34)23-28-15-17(3)27(5,37-28)21(22(28)26(35)31(23)18(4)16-32)24(33)30-19-10-12-20(13-11-19)36-7-2/h10-13,17-18,21-23,32H,6-9,14-16H2,1-5H3,(H,29,34)(H,30,33)/t17?,18-,21+,22+,23?,27-,28?/m1/s1. The molecule has 204 valence electrons. The summed E-state index contributed by atoms with van der Waals surface area (Å²) in [5.74, 6) is -1.82. The molecular formula is C28H41N3O6. The Balaban J connectivity index is 1.65. The van der Waals surface area contributed by atoms with Crippen LogP contribution >= 0.6 is 0 Å². The molecule has 37 heavy (non-hydrogen) atoms. The molecule has 2 bridgehead atoms. The van der Waals surface area contributed by atoms with Crippen molar-refractivity contribution in [3.63, 3.8) is 0 Å². The van der Waals surface area contributed by atoms with E-state index in [9.17, 15) is 19.5 Å². The lowest BCUT2D eigenvalue weighted by atomic mass is 9.62. The number of carbonyl (C=O) groups excluding carboxylic acids is 3. The first-order chi connectivity index (χ1) is 17.6. The molecule has 4 rings (SSSR count). The number of benzene rings is 1. The normalized spacial score (nSPS) is 32.8. The molecule has 3 aliphatic rings. The van der Waals surface area contributed by atoms with E-state index in [-0.39, 0.29) is 30.2 Å². The van der Waals surface area contributed by atoms with Crippen molar-refractivity contribution in [2.75, 3.05) is 25.1 Å². The Morgan fingerprint density at radius 1 is 1.22 bits per heavy atom. The summed E-state index contributed by atoms with van der Waals surface area (Å²) in [5.41, 5.74) is -1.42. The molecule has 3 unspecified atom stereocenters. The van der Waals surface area contributed by atoms with Gasteiger partial charge in [-0.15, -0.1) is 0 Å². The molecule has 0 saturated carbocycles. The van der Waals surface area contributed by atoms with Gasteiger partial charge in [0.05, 0.1) is 36.7 Å². The van der Waals surface area contributed by atoms with Gasteiger partial charge in [0.2, 0.25) is 17.7 Å². The van der Waals surface area contributed by atoms with Crippen molar-refractivity contribution < 1.29 is 29.0 Å². The smallest absolute Gasteiger partial charge is 0.245 e. The van der Waals surface area contributed by atoms with Crippen LogP contribution in [0.1, 0.15) is 60.3 Å². The summed E-state index contributed by atoms with van der Waals surface area (Å²) in [6.45, 7) is 10.4. The maximum absolute atomic E-state index is 14.0. The third-order valence-electron chi connectivity index (χ3n) is 8.53. The fourth-order valence-electron chi connectivity index (χ4n) is 6.64. The van der Waals surface area contributed by atoms with Crippen LogP contribution in [-0.2, 0) is 19.1 Å². The molecule has 3 heterocycles. The monoisotopic (exact) mass is 515 g/mol. The highest BCUT2D eigenvalue weighted by atomic mass is 16.5. The molecule has 0 radical (unpaired) electrons. The van der Waals surface area contributed by atoms with Crippen molar-refractivity contribution in [3.8, 4) is 5.75 Å². The van der Waals surface area contributed by atoms with E-state index in [1.165, 1.54) is 4.90 Å². The van der Waals surface area contributed by atoms with Crippen LogP contribution in [0.4, 0.5) is 5.69 Å². The minimum atomic E-state index is -1.12. The fraction of sp³-hybridized carbons (Fsp3) is 0.679. The van der Waals surface area contributed by atoms with Crippen LogP contribution in [0.3, 0.4) is 0 Å². The number of carbonyl (C=O) groups is 3. The van der Waals surface area contributed by atoms with Crippen LogP contribution in [0.15, 0.2) is 24.3 Å². The molecule has 7 atom stereocenters. The largest absolute Gasteiger partial charge is 0.494 e. The number of fused-ring (bicyclic) bond motifs is 1. The summed E-state index contributed by atoms with van der Waals surface area (Å²) in [6.07, 6.45) is 3.36. The van der Waals surface area contributed by atoms with Crippen molar-refractivity contribution in [3.05, 3.63) is 24.3 Å². The number of unbranched alkanes of at least 4 members (excludes halogenated alkanes) is 2. The predicted molar refractivity (Wildman–Crippen MR) is 139 cm³/mol. The van der Waals surface area contributed by atoms with E-state index in [2.05, 4.69) is 17.6 Å². The van der Waals surface area contributed by atoms with E-state index < -0.39 is 35.1 Å². The average molecular weight is 516 g/mol. The van der Waals surface area contributed by atoms with Crippen LogP contribution in [0.2, 0.25) is 0 Å². The number of aliphatic hydroxyl groups is 1. The first-order valence-corrected chi connectivity index (χ1v) is 13.6. The lowest BCUT2D eigenvalue weighted by molar-refractivity contribution is -0.149. The van der Waals surface area contributed by atoms with E-state index in [1.54, 1.807) is 31.2 Å². The molecule has 1 spiro atoms. The van der Waals surface area contributed by atoms with Gasteiger partial charge in [-0.25, -0.2) is 0 Å². The maximum Gasteiger partial charge on any atom is 0.245 e. The molecular weight excluding hydrogens is 474 g/mol. The van der Waals surface area contributed by atoms with Crippen molar-refractivity contribution in [1.29, 1.82) is 0 Å². The highest BCUT2D eigenvalue weighted by molar-refractivity contribution is 6.02. The second-order valence-electron chi connectivity index (χ2n) is 10.9. The number of aliphatic hydroxyl groups excluding tert-OH is 1. The number of amides is 3. The van der Waals surface area contributed by atoms with Gasteiger partial charge >= 0.3 is 0 Å². The number of rotatable bonds is 11. The van der Waals surface area contributed by atoms with Gasteiger partial charge in [-0.3, -0.25) is 14.4 Å². The summed E-state index contributed by atoms with van der Waals surface area (Å²) < 4.78 is 12.2. The van der Waals surface area contributed by atoms with Crippen molar-refractivity contribution >= 4 is 23.4 Å². The summed E-state index contributed by atoms with van der Waals surface area (Å²) >= 11 is 0. The summed E-state index contributed by atoms with van der Waals surface area (Å²) in [4.78, 5) is 42.8. The summed E-state index contributed by atoms with van der Waals surface area (Å²) in [5, 5.41) is 15.9. The number of hydrogen-bond acceptors (Lipinski definition) is 6. The minimum Gasteiger partial charge on any atom is -0.494 e. The SMILES string of the molecule is CCCCCNC(=O)C1N([C@H](C)CO)C(=O)[C@@H]2[C@@H](C(=O)Nc3ccc(OCC)cc3)[C@]3(C)OC12CC3C. The third-order valence-corrected chi connectivity index (χ3v) is 8.53. The summed E-state index contributed by atoms with van der Waals surface area (Å²) in [7, 11) is 0. The zero-order valence-corrected chi connectivity index (χ0v) is 22.6. The number of likely N-dealkylation sites (tertiary alicyclic amines) is 1. The number of nitrogens with one attached hydrogen (secondary N) is 2. The van der Waals surface area contributed by atoms with Crippen molar-refractivity contribution in [2.24, 2.45) is 17.8 Å². The zero-order valence-electron chi connectivity index (χ0n) is 22.6. The molecule has 3 amide bonds. The fourth-order valence-corrected chi connectivity index (χ4v) is 6.64. The van der Waals surface area contributed by atoms with Gasteiger partial charge in [0.1, 0.15) is 17.4 Å². The van der Waals surface area contributed by atoms with Crippen molar-refractivity contribution in [1.82, 2.24) is 10.2 Å². The lowest BCUT2D eigenvalue weighted by Crippen LogP contribution is -2.57. The molecule has 3 fully saturated rings. The maximum atomic E-state index is 14.0. The molecule has 9 nitrogen and oxygen atoms in total. The molecule has 0 aliphatic carbocycles. The molecule has 3 saturated heterocycles. The van der Waals surface area contributed by atoms with E-state index >= 15 is 0 Å². The van der Waals surface area contributed by atoms with Crippen LogP contribution in [0.5, 0.6) is 5.75 Å². The Labute approximate surface area is 219 Å². The number of nitrogens with zero attached hydrogens (tertiary/aromatic N) is 1. The number of ether oxygens (including phenoxy) is 2. The Kier molecular flexibility index (Phi) is 7.85. The van der Waals surface area contributed by atoms with Crippen LogP contribution in [0.25, 0.3) is 0 Å². The Bertz CT molecular complexity index is 1020. The van der Waals surface area contributed by atoms with Gasteiger partial charge in [0.25, 0.3) is 0 Å². The zero-order chi connectivity index (χ0) is 27.0. The topological polar surface area (TPSA) is 117 Å². The van der Waals surface area contributed by atoms with Gasteiger partial charge in [-0.1, -0.05) is 26.7 Å². The van der Waals surface area contributed by atoms with Crippen LogP contribution in [-0.4, -0.2) is 70.8 Å². The second kappa shape index (κ2) is 10.6. The number of hydrogen-bond donors (Lipinski definition) is 3. The van der Waals surface area contributed by atoms with Gasteiger partial charge < -0.3 is 30.1 Å². The molecule has 1 aromatic carbocycles. The average Bonchev–Trinajstić information content (AvgIpc) is 3.39. The van der Waals surface area contributed by atoms with Gasteiger partial charge in [-0.2, -0.15) is 0 Å². The molecule has 1 aromatic rings. The molecule has 3 aliphatic heterocycles. The van der Waals surface area contributed by atoms with Crippen LogP contribution < -0.4 is 15.4 Å². The first kappa shape index (κ1) is 27.4. The van der Waals surface area contributed by atoms with Gasteiger partial charge in [0.15, 0.2) is 0 Å². The van der Waals surface area contributed by atoms with E-state index in [0.717, 1.165) is 19.3 Å². The molecule has 9 heteroatoms. The number of anilines is 1. The highest BCUT2D eigenvalue weighted by Crippen LogP contribution is 2.65. The Hall–Kier alpha value is -2.65. The van der Waals surface area contributed by atoms with E-state index in [1.807, 2.05) is 20.8 Å². The molecule has 0 aromatic heterocycles. The minimum absolute atomic E-state index is 0.0487. The lowest BCUT2D eigenvalue weighted by Gasteiger charge is -2.36. The van der Waals surface area contributed by atoms with E-state index in [4.69, 9.17) is 9.47 Å². The summed E-state index contributed by atoms with van der Waals surface area (Å²) in [6, 6.07) is 5.61. The molecule has 3 N–H and O–H groups in total. The Morgan fingerprint density at radius 3 is 2.54 bits per heavy atom. The van der Waals surface area contributed by atoms with E-state index in [0.29, 0.717) is 31.0 Å². The van der Waals surface area contributed by atoms with Gasteiger partial charge in [0, 0.05) is 12.2 Å². The predicted octanol–water partition coefficient (Wildman–Crippen LogP) is 2.72. The third kappa shape index (κ3) is 4.50. The quantitative estimate of drug-likeness (QED) is 0.390. The van der Waals surface area contributed by atoms with Crippen LogP contribution in [0, 0.1) is 17.8 Å².